The first-order valence-corrected chi connectivity index (χ1v) is 18.4. The standard InChI is InChI=1S/C45H52N2O7/c1-8-54-39-17-15-37(16-18-39)47(30-32-12-10-14-34(24-32)36-27-42(50-4)45(53-7)43(28-36)51-5)38-19-21-46(22-20-38)29-31-11-9-13-33(23-31)35-25-40(48-2)44(52-6)41(26-35)49-3/h9-18,23-28,38H,8,19-22,29-30H2,1-7H3. The Morgan fingerprint density at radius 3 is 1.50 bits per heavy atom. The Morgan fingerprint density at radius 1 is 0.556 bits per heavy atom. The molecule has 0 bridgehead atoms. The van der Waals surface area contributed by atoms with Crippen molar-refractivity contribution in [2.75, 3.05) is 67.3 Å². The molecule has 1 aliphatic heterocycles. The maximum atomic E-state index is 5.79. The summed E-state index contributed by atoms with van der Waals surface area (Å²) in [5, 5.41) is 0. The molecule has 5 aromatic rings. The molecule has 1 fully saturated rings. The number of benzene rings is 5. The fourth-order valence-electron chi connectivity index (χ4n) is 7.37. The van der Waals surface area contributed by atoms with E-state index in [-0.39, 0.29) is 0 Å². The normalized spacial score (nSPS) is 13.2. The highest BCUT2D eigenvalue weighted by atomic mass is 16.5. The average Bonchev–Trinajstić information content (AvgIpc) is 3.22. The molecule has 0 aliphatic carbocycles. The SMILES string of the molecule is CCOc1ccc(N(Cc2cccc(-c3cc(OC)c(OC)c(OC)c3)c2)C2CCN(Cc3cccc(-c4cc(OC)c(OC)c(OC)c4)c3)CC2)cc1. The minimum Gasteiger partial charge on any atom is -0.494 e. The molecule has 9 heteroatoms. The Bertz CT molecular complexity index is 1940. The van der Waals surface area contributed by atoms with Gasteiger partial charge < -0.3 is 38.1 Å². The number of piperidine rings is 1. The minimum absolute atomic E-state index is 0.370. The second kappa shape index (κ2) is 18.0. The van der Waals surface area contributed by atoms with Crippen molar-refractivity contribution in [3.63, 3.8) is 0 Å². The number of methoxy groups -OCH3 is 6. The van der Waals surface area contributed by atoms with Gasteiger partial charge in [0, 0.05) is 37.9 Å². The third-order valence-corrected chi connectivity index (χ3v) is 10.1. The van der Waals surface area contributed by atoms with E-state index in [2.05, 4.69) is 82.6 Å². The van der Waals surface area contributed by atoms with E-state index in [1.807, 2.05) is 31.2 Å². The maximum absolute atomic E-state index is 5.79. The van der Waals surface area contributed by atoms with E-state index in [9.17, 15) is 0 Å². The van der Waals surface area contributed by atoms with Gasteiger partial charge >= 0.3 is 0 Å². The molecular weight excluding hydrogens is 681 g/mol. The van der Waals surface area contributed by atoms with Crippen molar-refractivity contribution in [1.82, 2.24) is 4.90 Å². The second-order valence-corrected chi connectivity index (χ2v) is 13.3. The molecule has 0 N–H and O–H groups in total. The number of hydrogen-bond acceptors (Lipinski definition) is 9. The van der Waals surface area contributed by atoms with Gasteiger partial charge in [0.05, 0.1) is 49.3 Å². The highest BCUT2D eigenvalue weighted by molar-refractivity contribution is 5.73. The third kappa shape index (κ3) is 8.63. The van der Waals surface area contributed by atoms with E-state index < -0.39 is 0 Å². The molecular formula is C45H52N2O7. The van der Waals surface area contributed by atoms with Gasteiger partial charge in [-0.1, -0.05) is 36.4 Å². The zero-order valence-corrected chi connectivity index (χ0v) is 32.5. The van der Waals surface area contributed by atoms with Gasteiger partial charge in [-0.05, 0) is 114 Å². The van der Waals surface area contributed by atoms with E-state index >= 15 is 0 Å². The fourth-order valence-corrected chi connectivity index (χ4v) is 7.37. The predicted octanol–water partition coefficient (Wildman–Crippen LogP) is 9.14. The van der Waals surface area contributed by atoms with Gasteiger partial charge in [0.15, 0.2) is 23.0 Å². The highest BCUT2D eigenvalue weighted by Gasteiger charge is 2.26. The lowest BCUT2D eigenvalue weighted by Gasteiger charge is -2.40. The summed E-state index contributed by atoms with van der Waals surface area (Å²) in [5.74, 6) is 4.61. The second-order valence-electron chi connectivity index (χ2n) is 13.3. The first kappa shape index (κ1) is 38.2. The molecule has 0 atom stereocenters. The number of ether oxygens (including phenoxy) is 7. The monoisotopic (exact) mass is 732 g/mol. The first-order valence-electron chi connectivity index (χ1n) is 18.4. The van der Waals surface area contributed by atoms with Crippen LogP contribution in [0.2, 0.25) is 0 Å². The number of anilines is 1. The lowest BCUT2D eigenvalue weighted by molar-refractivity contribution is 0.201. The Morgan fingerprint density at radius 2 is 1.04 bits per heavy atom. The van der Waals surface area contributed by atoms with E-state index in [4.69, 9.17) is 33.2 Å². The predicted molar refractivity (Wildman–Crippen MR) is 215 cm³/mol. The molecule has 54 heavy (non-hydrogen) atoms. The largest absolute Gasteiger partial charge is 0.494 e. The van der Waals surface area contributed by atoms with Gasteiger partial charge in [-0.2, -0.15) is 0 Å². The zero-order valence-electron chi connectivity index (χ0n) is 32.5. The van der Waals surface area contributed by atoms with Crippen molar-refractivity contribution in [3.05, 3.63) is 108 Å². The van der Waals surface area contributed by atoms with Crippen LogP contribution < -0.4 is 38.1 Å². The molecule has 1 aliphatic rings. The van der Waals surface area contributed by atoms with Crippen LogP contribution in [0.15, 0.2) is 97.1 Å². The average molecular weight is 733 g/mol. The van der Waals surface area contributed by atoms with Gasteiger partial charge in [-0.25, -0.2) is 0 Å². The highest BCUT2D eigenvalue weighted by Crippen LogP contribution is 2.43. The molecule has 0 unspecified atom stereocenters. The van der Waals surface area contributed by atoms with E-state index in [0.29, 0.717) is 47.1 Å². The Hall–Kier alpha value is -5.54. The van der Waals surface area contributed by atoms with Crippen molar-refractivity contribution < 1.29 is 33.2 Å². The van der Waals surface area contributed by atoms with Crippen molar-refractivity contribution in [3.8, 4) is 62.5 Å². The number of hydrogen-bond donors (Lipinski definition) is 0. The molecule has 0 saturated carbocycles. The fraction of sp³-hybridized carbons (Fsp3) is 0.333. The van der Waals surface area contributed by atoms with E-state index in [1.165, 1.54) is 16.8 Å². The van der Waals surface area contributed by atoms with Gasteiger partial charge in [0.2, 0.25) is 11.5 Å². The van der Waals surface area contributed by atoms with Crippen LogP contribution in [0, 0.1) is 0 Å². The van der Waals surface area contributed by atoms with Crippen molar-refractivity contribution in [2.24, 2.45) is 0 Å². The van der Waals surface area contributed by atoms with Crippen molar-refractivity contribution >= 4 is 5.69 Å². The molecule has 9 nitrogen and oxygen atoms in total. The smallest absolute Gasteiger partial charge is 0.203 e. The summed E-state index contributed by atoms with van der Waals surface area (Å²) in [6.45, 7) is 6.30. The lowest BCUT2D eigenvalue weighted by Crippen LogP contribution is -2.44. The number of likely N-dealkylation sites (tertiary alicyclic amines) is 1. The third-order valence-electron chi connectivity index (χ3n) is 10.1. The summed E-state index contributed by atoms with van der Waals surface area (Å²) in [5.41, 5.74) is 7.90. The molecule has 0 amide bonds. The van der Waals surface area contributed by atoms with Crippen LogP contribution >= 0.6 is 0 Å². The molecule has 1 saturated heterocycles. The van der Waals surface area contributed by atoms with Crippen molar-refractivity contribution in [2.45, 2.75) is 38.9 Å². The number of nitrogens with zero attached hydrogens (tertiary/aromatic N) is 2. The van der Waals surface area contributed by atoms with Crippen LogP contribution in [0.3, 0.4) is 0 Å². The molecule has 0 aromatic heterocycles. The summed E-state index contributed by atoms with van der Waals surface area (Å²) in [6.07, 6.45) is 2.10. The molecule has 0 radical (unpaired) electrons. The summed E-state index contributed by atoms with van der Waals surface area (Å²) in [6, 6.07) is 34.4. The topological polar surface area (TPSA) is 71.1 Å². The number of rotatable bonds is 16. The van der Waals surface area contributed by atoms with Crippen LogP contribution in [-0.4, -0.2) is 73.3 Å². The summed E-state index contributed by atoms with van der Waals surface area (Å²) in [4.78, 5) is 5.12. The zero-order chi connectivity index (χ0) is 38.0. The Labute approximate surface area is 319 Å². The van der Waals surface area contributed by atoms with Crippen LogP contribution in [0.1, 0.15) is 30.9 Å². The van der Waals surface area contributed by atoms with Crippen LogP contribution in [0.5, 0.6) is 40.2 Å². The van der Waals surface area contributed by atoms with Crippen LogP contribution in [0.4, 0.5) is 5.69 Å². The van der Waals surface area contributed by atoms with Crippen molar-refractivity contribution in [1.29, 1.82) is 0 Å². The summed E-state index contributed by atoms with van der Waals surface area (Å²) < 4.78 is 39.5. The molecule has 284 valence electrons. The molecule has 6 rings (SSSR count). The van der Waals surface area contributed by atoms with Crippen LogP contribution in [-0.2, 0) is 13.1 Å². The summed E-state index contributed by atoms with van der Waals surface area (Å²) >= 11 is 0. The van der Waals surface area contributed by atoms with E-state index in [1.54, 1.807) is 42.7 Å². The minimum atomic E-state index is 0.370. The molecule has 0 spiro atoms. The quantitative estimate of drug-likeness (QED) is 0.0988. The Kier molecular flexibility index (Phi) is 12.7. The first-order chi connectivity index (χ1) is 26.4. The summed E-state index contributed by atoms with van der Waals surface area (Å²) in [7, 11) is 9.83. The maximum Gasteiger partial charge on any atom is 0.203 e. The van der Waals surface area contributed by atoms with Gasteiger partial charge in [0.1, 0.15) is 5.75 Å². The lowest BCUT2D eigenvalue weighted by atomic mass is 9.98. The van der Waals surface area contributed by atoms with Gasteiger partial charge in [-0.15, -0.1) is 0 Å². The van der Waals surface area contributed by atoms with Crippen LogP contribution in [0.25, 0.3) is 22.3 Å². The van der Waals surface area contributed by atoms with Gasteiger partial charge in [-0.3, -0.25) is 4.90 Å². The van der Waals surface area contributed by atoms with E-state index in [0.717, 1.165) is 67.0 Å². The molecule has 1 heterocycles. The molecule has 5 aromatic carbocycles. The Balaban J connectivity index is 1.20. The van der Waals surface area contributed by atoms with Gasteiger partial charge in [0.25, 0.3) is 0 Å².